The van der Waals surface area contributed by atoms with E-state index in [1.807, 2.05) is 6.07 Å². The summed E-state index contributed by atoms with van der Waals surface area (Å²) in [5, 5.41) is 0. The number of benzene rings is 1. The van der Waals surface area contributed by atoms with Gasteiger partial charge in [-0.25, -0.2) is 4.39 Å². The van der Waals surface area contributed by atoms with Crippen LogP contribution in [-0.4, -0.2) is 18.3 Å². The lowest BCUT2D eigenvalue weighted by molar-refractivity contribution is -0.129. The fraction of sp³-hybridized carbons (Fsp3) is 0.647. The number of halogens is 2. The van der Waals surface area contributed by atoms with Gasteiger partial charge in [0, 0.05) is 24.8 Å². The molecule has 2 aliphatic rings. The summed E-state index contributed by atoms with van der Waals surface area (Å²) in [6.07, 6.45) is 7.94. The van der Waals surface area contributed by atoms with E-state index in [1.165, 1.54) is 31.4 Å². The summed E-state index contributed by atoms with van der Waals surface area (Å²) in [7, 11) is 0. The van der Waals surface area contributed by atoms with Crippen LogP contribution in [0.1, 0.15) is 50.5 Å². The van der Waals surface area contributed by atoms with Gasteiger partial charge in [0.2, 0.25) is 0 Å². The molecule has 2 fully saturated rings. The number of ether oxygens (including phenoxy) is 2. The highest BCUT2D eigenvalue weighted by Gasteiger charge is 2.39. The second kappa shape index (κ2) is 6.53. The maximum atomic E-state index is 13.6. The highest BCUT2D eigenvalue weighted by Crippen LogP contribution is 2.39. The van der Waals surface area contributed by atoms with E-state index < -0.39 is 0 Å². The summed E-state index contributed by atoms with van der Waals surface area (Å²) in [4.78, 5) is 0. The second-order valence-electron chi connectivity index (χ2n) is 6.25. The van der Waals surface area contributed by atoms with Crippen molar-refractivity contribution in [1.82, 2.24) is 0 Å². The van der Waals surface area contributed by atoms with Crippen molar-refractivity contribution in [2.45, 2.75) is 62.5 Å². The minimum Gasteiger partial charge on any atom is -0.490 e. The largest absolute Gasteiger partial charge is 0.490 e. The summed E-state index contributed by atoms with van der Waals surface area (Å²) in [5.74, 6) is 0.595. The SMILES string of the molecule is Fc1cc(CCl)cc(OC2CCOC3(CCCCC3)C2)c1. The first kappa shape index (κ1) is 15.1. The molecule has 21 heavy (non-hydrogen) atoms. The number of rotatable bonds is 3. The zero-order chi connectivity index (χ0) is 14.7. The van der Waals surface area contributed by atoms with Gasteiger partial charge in [0.15, 0.2) is 0 Å². The van der Waals surface area contributed by atoms with Gasteiger partial charge in [-0.15, -0.1) is 11.6 Å². The van der Waals surface area contributed by atoms with Crippen molar-refractivity contribution in [2.24, 2.45) is 0 Å². The van der Waals surface area contributed by atoms with Gasteiger partial charge in [-0.3, -0.25) is 0 Å². The zero-order valence-electron chi connectivity index (χ0n) is 12.2. The number of hydrogen-bond donors (Lipinski definition) is 0. The molecule has 4 heteroatoms. The molecular formula is C17H22ClFO2. The molecule has 1 spiro atoms. The van der Waals surface area contributed by atoms with Crippen molar-refractivity contribution in [1.29, 1.82) is 0 Å². The van der Waals surface area contributed by atoms with Crippen molar-refractivity contribution in [2.75, 3.05) is 6.61 Å². The summed E-state index contributed by atoms with van der Waals surface area (Å²) >= 11 is 5.79. The Labute approximate surface area is 130 Å². The van der Waals surface area contributed by atoms with Gasteiger partial charge < -0.3 is 9.47 Å². The zero-order valence-corrected chi connectivity index (χ0v) is 13.0. The minimum atomic E-state index is -0.289. The first-order chi connectivity index (χ1) is 10.2. The van der Waals surface area contributed by atoms with Crippen LogP contribution in [0.4, 0.5) is 4.39 Å². The number of hydrogen-bond acceptors (Lipinski definition) is 2. The summed E-state index contributed by atoms with van der Waals surface area (Å²) in [6, 6.07) is 4.73. The van der Waals surface area contributed by atoms with E-state index in [9.17, 15) is 4.39 Å². The molecular weight excluding hydrogens is 291 g/mol. The van der Waals surface area contributed by atoms with Crippen molar-refractivity contribution >= 4 is 11.6 Å². The Balaban J connectivity index is 1.68. The Bertz CT molecular complexity index is 480. The Kier molecular flexibility index (Phi) is 4.70. The molecule has 1 saturated carbocycles. The highest BCUT2D eigenvalue weighted by atomic mass is 35.5. The minimum absolute atomic E-state index is 0.00378. The van der Waals surface area contributed by atoms with Crippen LogP contribution in [-0.2, 0) is 10.6 Å². The molecule has 0 amide bonds. The van der Waals surface area contributed by atoms with Crippen LogP contribution in [0, 0.1) is 5.82 Å². The van der Waals surface area contributed by atoms with Crippen LogP contribution in [0.25, 0.3) is 0 Å². The van der Waals surface area contributed by atoms with Gasteiger partial charge in [0.05, 0.1) is 12.2 Å². The molecule has 0 aromatic heterocycles. The van der Waals surface area contributed by atoms with Crippen LogP contribution in [0.3, 0.4) is 0 Å². The Morgan fingerprint density at radius 2 is 2.05 bits per heavy atom. The van der Waals surface area contributed by atoms with Crippen LogP contribution >= 0.6 is 11.6 Å². The third-order valence-electron chi connectivity index (χ3n) is 4.60. The van der Waals surface area contributed by atoms with E-state index in [0.717, 1.165) is 37.9 Å². The molecule has 116 valence electrons. The first-order valence-electron chi connectivity index (χ1n) is 7.85. The standard InChI is InChI=1S/C17H22ClFO2/c18-12-13-8-14(19)10-16(9-13)21-15-4-7-20-17(11-15)5-2-1-3-6-17/h8-10,15H,1-7,11-12H2. The van der Waals surface area contributed by atoms with Crippen LogP contribution in [0.5, 0.6) is 5.75 Å². The van der Waals surface area contributed by atoms with Gasteiger partial charge >= 0.3 is 0 Å². The third kappa shape index (κ3) is 3.70. The van der Waals surface area contributed by atoms with Crippen molar-refractivity contribution < 1.29 is 13.9 Å². The van der Waals surface area contributed by atoms with E-state index in [-0.39, 0.29) is 17.5 Å². The van der Waals surface area contributed by atoms with Crippen molar-refractivity contribution in [3.05, 3.63) is 29.6 Å². The van der Waals surface area contributed by atoms with E-state index in [1.54, 1.807) is 0 Å². The maximum Gasteiger partial charge on any atom is 0.127 e. The molecule has 2 nitrogen and oxygen atoms in total. The topological polar surface area (TPSA) is 18.5 Å². The molecule has 1 unspecified atom stereocenters. The second-order valence-corrected chi connectivity index (χ2v) is 6.52. The van der Waals surface area contributed by atoms with E-state index in [0.29, 0.717) is 11.6 Å². The van der Waals surface area contributed by atoms with E-state index in [2.05, 4.69) is 0 Å². The summed E-state index contributed by atoms with van der Waals surface area (Å²) in [6.45, 7) is 0.738. The molecule has 1 aliphatic heterocycles. The fourth-order valence-corrected chi connectivity index (χ4v) is 3.74. The van der Waals surface area contributed by atoms with E-state index in [4.69, 9.17) is 21.1 Å². The number of alkyl halides is 1. The monoisotopic (exact) mass is 312 g/mol. The Hall–Kier alpha value is -0.800. The average molecular weight is 313 g/mol. The highest BCUT2D eigenvalue weighted by molar-refractivity contribution is 6.17. The van der Waals surface area contributed by atoms with Crippen LogP contribution < -0.4 is 4.74 Å². The van der Waals surface area contributed by atoms with Crippen molar-refractivity contribution in [3.8, 4) is 5.75 Å². The Morgan fingerprint density at radius 1 is 1.24 bits per heavy atom. The molecule has 1 atom stereocenters. The maximum absolute atomic E-state index is 13.6. The molecule has 1 aromatic carbocycles. The lowest BCUT2D eigenvalue weighted by Crippen LogP contribution is -2.45. The van der Waals surface area contributed by atoms with E-state index >= 15 is 0 Å². The lowest BCUT2D eigenvalue weighted by atomic mass is 9.79. The molecule has 0 N–H and O–H groups in total. The van der Waals surface area contributed by atoms with Crippen LogP contribution in [0.2, 0.25) is 0 Å². The molecule has 1 heterocycles. The first-order valence-corrected chi connectivity index (χ1v) is 8.39. The smallest absolute Gasteiger partial charge is 0.127 e. The molecule has 3 rings (SSSR count). The average Bonchev–Trinajstić information content (AvgIpc) is 2.47. The molecule has 0 radical (unpaired) electrons. The normalized spacial score (nSPS) is 25.0. The lowest BCUT2D eigenvalue weighted by Gasteiger charge is -2.43. The fourth-order valence-electron chi connectivity index (χ4n) is 3.59. The summed E-state index contributed by atoms with van der Waals surface area (Å²) in [5.41, 5.74) is 0.759. The van der Waals surface area contributed by atoms with Crippen LogP contribution in [0.15, 0.2) is 18.2 Å². The molecule has 1 aromatic rings. The molecule has 1 aliphatic carbocycles. The predicted molar refractivity (Wildman–Crippen MR) is 81.4 cm³/mol. The van der Waals surface area contributed by atoms with Gasteiger partial charge in [-0.2, -0.15) is 0 Å². The van der Waals surface area contributed by atoms with Gasteiger partial charge in [-0.1, -0.05) is 19.3 Å². The Morgan fingerprint density at radius 3 is 2.81 bits per heavy atom. The van der Waals surface area contributed by atoms with Gasteiger partial charge in [0.25, 0.3) is 0 Å². The van der Waals surface area contributed by atoms with Gasteiger partial charge in [-0.05, 0) is 30.5 Å². The van der Waals surface area contributed by atoms with Crippen molar-refractivity contribution in [3.63, 3.8) is 0 Å². The summed E-state index contributed by atoms with van der Waals surface area (Å²) < 4.78 is 25.6. The third-order valence-corrected chi connectivity index (χ3v) is 4.91. The molecule has 1 saturated heterocycles. The van der Waals surface area contributed by atoms with Gasteiger partial charge in [0.1, 0.15) is 17.7 Å². The predicted octanol–water partition coefficient (Wildman–Crippen LogP) is 4.83. The molecule has 0 bridgehead atoms. The quantitative estimate of drug-likeness (QED) is 0.745.